The number of fused-ring (bicyclic) bond motifs is 6. The van der Waals surface area contributed by atoms with Crippen LogP contribution in [0.25, 0.3) is 22.3 Å². The summed E-state index contributed by atoms with van der Waals surface area (Å²) in [6, 6.07) is 27.4. The molecule has 224 valence electrons. The molecule has 8 heteroatoms. The normalized spacial score (nSPS) is 12.7. The quantitative estimate of drug-likeness (QED) is 0.146. The van der Waals surface area contributed by atoms with E-state index in [9.17, 15) is 19.5 Å². The molecule has 0 bridgehead atoms. The van der Waals surface area contributed by atoms with Crippen LogP contribution in [0.15, 0.2) is 84.9 Å². The third kappa shape index (κ3) is 6.29. The molecule has 0 saturated heterocycles. The molecule has 0 aliphatic heterocycles. The lowest BCUT2D eigenvalue weighted by Gasteiger charge is -2.15. The van der Waals surface area contributed by atoms with Crippen molar-refractivity contribution in [2.45, 2.75) is 51.4 Å². The molecule has 0 radical (unpaired) electrons. The summed E-state index contributed by atoms with van der Waals surface area (Å²) in [5, 5.41) is 14.8. The van der Waals surface area contributed by atoms with E-state index >= 15 is 0 Å². The zero-order chi connectivity index (χ0) is 30.5. The molecule has 0 spiro atoms. The highest BCUT2D eigenvalue weighted by atomic mass is 16.6. The first-order valence-electron chi connectivity index (χ1n) is 14.9. The first-order valence-corrected chi connectivity index (χ1v) is 14.9. The van der Waals surface area contributed by atoms with Crippen molar-refractivity contribution < 1.29 is 29.0 Å². The minimum atomic E-state index is -1.14. The number of alkyl carbamates (subject to hydrolysis) is 2. The van der Waals surface area contributed by atoms with Gasteiger partial charge in [-0.3, -0.25) is 0 Å². The van der Waals surface area contributed by atoms with Gasteiger partial charge in [-0.25, -0.2) is 14.4 Å². The monoisotopic (exact) mass is 590 g/mol. The molecule has 2 amide bonds. The number of carboxylic acids is 1. The fourth-order valence-corrected chi connectivity index (χ4v) is 6.16. The molecule has 2 aliphatic rings. The van der Waals surface area contributed by atoms with Crippen LogP contribution in [0, 0.1) is 0 Å². The molecule has 44 heavy (non-hydrogen) atoms. The van der Waals surface area contributed by atoms with Crippen molar-refractivity contribution in [3.63, 3.8) is 0 Å². The number of carboxylic acid groups (broad SMARTS) is 1. The van der Waals surface area contributed by atoms with Crippen molar-refractivity contribution in [3.05, 3.63) is 118 Å². The van der Waals surface area contributed by atoms with Gasteiger partial charge in [0.15, 0.2) is 0 Å². The number of hydrogen-bond acceptors (Lipinski definition) is 5. The Morgan fingerprint density at radius 2 is 1.18 bits per heavy atom. The van der Waals surface area contributed by atoms with Crippen molar-refractivity contribution in [1.29, 1.82) is 0 Å². The summed E-state index contributed by atoms with van der Waals surface area (Å²) in [4.78, 5) is 36.6. The lowest BCUT2D eigenvalue weighted by molar-refractivity contribution is -0.139. The fourth-order valence-electron chi connectivity index (χ4n) is 6.16. The van der Waals surface area contributed by atoms with Crippen molar-refractivity contribution >= 4 is 18.2 Å². The Morgan fingerprint density at radius 3 is 1.75 bits per heavy atom. The Labute approximate surface area is 256 Å². The lowest BCUT2D eigenvalue weighted by atomic mass is 10.0. The van der Waals surface area contributed by atoms with Gasteiger partial charge < -0.3 is 25.2 Å². The standard InChI is InChI=1S/C36H34N2O6/c39-34(40)33(38-36(42)44-22-26-12-8-16-30-28-14-4-2-10-24(28)20-32(26)30)17-5-6-18-37-35(41)43-21-25-11-7-15-29-27-13-3-1-9-23(27)19-31(25)29/h1-4,7-16,33H,5-6,17-22H2,(H,37,41)(H,38,42)(H,39,40)/t33-/m0/s1. The number of amides is 2. The summed E-state index contributed by atoms with van der Waals surface area (Å²) in [5.41, 5.74) is 11.4. The number of unbranched alkanes of at least 4 members (excludes halogenated alkanes) is 1. The zero-order valence-electron chi connectivity index (χ0n) is 24.3. The summed E-state index contributed by atoms with van der Waals surface area (Å²) in [5.74, 6) is -1.14. The van der Waals surface area contributed by atoms with Gasteiger partial charge >= 0.3 is 18.2 Å². The van der Waals surface area contributed by atoms with E-state index in [-0.39, 0.29) is 19.6 Å². The molecule has 4 aromatic rings. The van der Waals surface area contributed by atoms with E-state index < -0.39 is 24.2 Å². The van der Waals surface area contributed by atoms with E-state index in [1.807, 2.05) is 48.5 Å². The van der Waals surface area contributed by atoms with Crippen LogP contribution in [0.2, 0.25) is 0 Å². The number of aliphatic carboxylic acids is 1. The largest absolute Gasteiger partial charge is 0.480 e. The second-order valence-electron chi connectivity index (χ2n) is 11.2. The maximum atomic E-state index is 12.5. The number of ether oxygens (including phenoxy) is 2. The Kier molecular flexibility index (Phi) is 8.59. The Morgan fingerprint density at radius 1 is 0.659 bits per heavy atom. The molecule has 8 nitrogen and oxygen atoms in total. The number of carbonyl (C=O) groups excluding carboxylic acids is 2. The highest BCUT2D eigenvalue weighted by molar-refractivity contribution is 5.81. The van der Waals surface area contributed by atoms with E-state index in [4.69, 9.17) is 9.47 Å². The van der Waals surface area contributed by atoms with E-state index in [1.54, 1.807) is 0 Å². The number of rotatable bonds is 11. The van der Waals surface area contributed by atoms with E-state index in [0.717, 1.165) is 35.1 Å². The number of nitrogens with one attached hydrogen (secondary N) is 2. The van der Waals surface area contributed by atoms with Gasteiger partial charge in [0.2, 0.25) is 0 Å². The van der Waals surface area contributed by atoms with Crippen LogP contribution in [0.4, 0.5) is 9.59 Å². The highest BCUT2D eigenvalue weighted by Gasteiger charge is 2.24. The number of benzene rings is 4. The molecule has 3 N–H and O–H groups in total. The molecule has 2 aliphatic carbocycles. The molecule has 6 rings (SSSR count). The first kappa shape index (κ1) is 29.0. The second-order valence-corrected chi connectivity index (χ2v) is 11.2. The van der Waals surface area contributed by atoms with Crippen LogP contribution in [-0.2, 0) is 40.3 Å². The molecule has 0 heterocycles. The van der Waals surface area contributed by atoms with Crippen LogP contribution in [0.1, 0.15) is 52.6 Å². The Balaban J connectivity index is 0.908. The van der Waals surface area contributed by atoms with E-state index in [1.165, 1.54) is 33.4 Å². The minimum Gasteiger partial charge on any atom is -0.480 e. The van der Waals surface area contributed by atoms with Crippen LogP contribution in [0.3, 0.4) is 0 Å². The summed E-state index contributed by atoms with van der Waals surface area (Å²) in [6.07, 6.45) is 1.51. The van der Waals surface area contributed by atoms with Crippen LogP contribution >= 0.6 is 0 Å². The van der Waals surface area contributed by atoms with Gasteiger partial charge in [0, 0.05) is 6.54 Å². The molecule has 0 saturated carbocycles. The smallest absolute Gasteiger partial charge is 0.408 e. The Bertz CT molecular complexity index is 1710. The molecule has 0 aromatic heterocycles. The average molecular weight is 591 g/mol. The maximum absolute atomic E-state index is 12.5. The maximum Gasteiger partial charge on any atom is 0.408 e. The van der Waals surface area contributed by atoms with Crippen LogP contribution < -0.4 is 10.6 Å². The Hall–Kier alpha value is -5.11. The molecule has 1 atom stereocenters. The third-order valence-electron chi connectivity index (χ3n) is 8.39. The van der Waals surface area contributed by atoms with Crippen molar-refractivity contribution in [2.75, 3.05) is 6.54 Å². The third-order valence-corrected chi connectivity index (χ3v) is 8.39. The summed E-state index contributed by atoms with van der Waals surface area (Å²) >= 11 is 0. The SMILES string of the molecule is O=C(NCCCC[C@H](NC(=O)OCc1cccc2c1Cc1ccccc1-2)C(=O)O)OCc1cccc2c1Cc1ccccc1-2. The van der Waals surface area contributed by atoms with E-state index in [2.05, 4.69) is 47.0 Å². The van der Waals surface area contributed by atoms with Crippen molar-refractivity contribution in [2.24, 2.45) is 0 Å². The topological polar surface area (TPSA) is 114 Å². The van der Waals surface area contributed by atoms with Gasteiger partial charge in [-0.2, -0.15) is 0 Å². The van der Waals surface area contributed by atoms with Crippen molar-refractivity contribution in [3.8, 4) is 22.3 Å². The van der Waals surface area contributed by atoms with E-state index in [0.29, 0.717) is 19.4 Å². The predicted molar refractivity (Wildman–Crippen MR) is 166 cm³/mol. The first-order chi connectivity index (χ1) is 21.5. The lowest BCUT2D eigenvalue weighted by Crippen LogP contribution is -2.41. The molecular weight excluding hydrogens is 556 g/mol. The summed E-state index contributed by atoms with van der Waals surface area (Å²) < 4.78 is 10.9. The second kappa shape index (κ2) is 13.0. The zero-order valence-corrected chi connectivity index (χ0v) is 24.3. The fraction of sp³-hybridized carbons (Fsp3) is 0.250. The minimum absolute atomic E-state index is 0.0556. The van der Waals surface area contributed by atoms with Gasteiger partial charge in [0.05, 0.1) is 0 Å². The summed E-state index contributed by atoms with van der Waals surface area (Å²) in [7, 11) is 0. The van der Waals surface area contributed by atoms with Crippen molar-refractivity contribution in [1.82, 2.24) is 10.6 Å². The van der Waals surface area contributed by atoms with Gasteiger partial charge in [-0.1, -0.05) is 84.9 Å². The van der Waals surface area contributed by atoms with Gasteiger partial charge in [-0.05, 0) is 87.7 Å². The van der Waals surface area contributed by atoms with Gasteiger partial charge in [-0.15, -0.1) is 0 Å². The molecule has 4 aromatic carbocycles. The van der Waals surface area contributed by atoms with Crippen LogP contribution in [0.5, 0.6) is 0 Å². The predicted octanol–water partition coefficient (Wildman–Crippen LogP) is 6.61. The van der Waals surface area contributed by atoms with Gasteiger partial charge in [0.25, 0.3) is 0 Å². The summed E-state index contributed by atoms with van der Waals surface area (Å²) in [6.45, 7) is 0.560. The number of hydrogen-bond donors (Lipinski definition) is 3. The highest BCUT2D eigenvalue weighted by Crippen LogP contribution is 2.39. The van der Waals surface area contributed by atoms with Crippen LogP contribution in [-0.4, -0.2) is 35.8 Å². The number of carbonyl (C=O) groups is 3. The van der Waals surface area contributed by atoms with Gasteiger partial charge in [0.1, 0.15) is 19.3 Å². The molecule has 0 unspecified atom stereocenters. The molecule has 0 fully saturated rings. The average Bonchev–Trinajstić information content (AvgIpc) is 3.61. The molecular formula is C36H34N2O6.